The van der Waals surface area contributed by atoms with Gasteiger partial charge in [0.15, 0.2) is 0 Å². The standard InChI is InChI=1S/C17H19NO3/c1-12-2-4-14(5-3-12)11-21-16-8-6-13(10-15(16)18)7-9-17(19)20/h2-6,8,10H,7,9,11,18H2,1H3,(H,19,20). The number of benzene rings is 2. The molecule has 0 heterocycles. The fraction of sp³-hybridized carbons (Fsp3) is 0.235. The summed E-state index contributed by atoms with van der Waals surface area (Å²) in [5, 5.41) is 8.67. The van der Waals surface area contributed by atoms with E-state index in [1.54, 1.807) is 12.1 Å². The molecule has 4 heteroatoms. The fourth-order valence-corrected chi connectivity index (χ4v) is 1.98. The van der Waals surface area contributed by atoms with Crippen LogP contribution in [0.25, 0.3) is 0 Å². The zero-order valence-corrected chi connectivity index (χ0v) is 12.0. The number of carboxylic acid groups (broad SMARTS) is 1. The van der Waals surface area contributed by atoms with E-state index >= 15 is 0 Å². The number of anilines is 1. The van der Waals surface area contributed by atoms with Crippen LogP contribution in [0.5, 0.6) is 5.75 Å². The monoisotopic (exact) mass is 285 g/mol. The van der Waals surface area contributed by atoms with Crippen LogP contribution in [0.3, 0.4) is 0 Å². The second-order valence-corrected chi connectivity index (χ2v) is 5.04. The maximum atomic E-state index is 10.6. The number of hydrogen-bond acceptors (Lipinski definition) is 3. The lowest BCUT2D eigenvalue weighted by Gasteiger charge is -2.10. The van der Waals surface area contributed by atoms with Gasteiger partial charge < -0.3 is 15.6 Å². The first-order chi connectivity index (χ1) is 10.0. The molecule has 110 valence electrons. The lowest BCUT2D eigenvalue weighted by molar-refractivity contribution is -0.136. The number of carboxylic acids is 1. The number of nitrogens with two attached hydrogens (primary N) is 1. The molecule has 0 radical (unpaired) electrons. The normalized spacial score (nSPS) is 10.3. The third-order valence-corrected chi connectivity index (χ3v) is 3.22. The Balaban J connectivity index is 1.97. The minimum Gasteiger partial charge on any atom is -0.487 e. The van der Waals surface area contributed by atoms with Crippen LogP contribution in [0.2, 0.25) is 0 Å². The Morgan fingerprint density at radius 2 is 1.81 bits per heavy atom. The molecule has 21 heavy (non-hydrogen) atoms. The molecule has 0 aliphatic heterocycles. The van der Waals surface area contributed by atoms with Crippen LogP contribution >= 0.6 is 0 Å². The summed E-state index contributed by atoms with van der Waals surface area (Å²) < 4.78 is 5.70. The molecule has 2 aromatic carbocycles. The molecule has 2 rings (SSSR count). The van der Waals surface area contributed by atoms with Gasteiger partial charge in [-0.1, -0.05) is 35.9 Å². The van der Waals surface area contributed by atoms with Crippen molar-refractivity contribution in [2.24, 2.45) is 0 Å². The van der Waals surface area contributed by atoms with E-state index in [1.165, 1.54) is 5.56 Å². The third-order valence-electron chi connectivity index (χ3n) is 3.22. The topological polar surface area (TPSA) is 72.5 Å². The van der Waals surface area contributed by atoms with Crippen LogP contribution in [0.1, 0.15) is 23.1 Å². The van der Waals surface area contributed by atoms with E-state index in [2.05, 4.69) is 0 Å². The van der Waals surface area contributed by atoms with E-state index in [-0.39, 0.29) is 6.42 Å². The van der Waals surface area contributed by atoms with Gasteiger partial charge in [-0.2, -0.15) is 0 Å². The highest BCUT2D eigenvalue weighted by Crippen LogP contribution is 2.24. The van der Waals surface area contributed by atoms with Gasteiger partial charge in [0.1, 0.15) is 12.4 Å². The van der Waals surface area contributed by atoms with Crippen molar-refractivity contribution in [1.29, 1.82) is 0 Å². The fourth-order valence-electron chi connectivity index (χ4n) is 1.98. The van der Waals surface area contributed by atoms with Gasteiger partial charge in [0.2, 0.25) is 0 Å². The van der Waals surface area contributed by atoms with Crippen molar-refractivity contribution in [3.8, 4) is 5.75 Å². The molecule has 0 aromatic heterocycles. The van der Waals surface area contributed by atoms with Gasteiger partial charge in [0.25, 0.3) is 0 Å². The molecule has 0 fully saturated rings. The van der Waals surface area contributed by atoms with Gasteiger partial charge >= 0.3 is 5.97 Å². The average Bonchev–Trinajstić information content (AvgIpc) is 2.46. The highest BCUT2D eigenvalue weighted by Gasteiger charge is 2.05. The van der Waals surface area contributed by atoms with Gasteiger partial charge in [-0.15, -0.1) is 0 Å². The first-order valence-corrected chi connectivity index (χ1v) is 6.83. The highest BCUT2D eigenvalue weighted by molar-refractivity contribution is 5.67. The van der Waals surface area contributed by atoms with Gasteiger partial charge in [-0.05, 0) is 36.6 Å². The lowest BCUT2D eigenvalue weighted by Crippen LogP contribution is -2.01. The maximum Gasteiger partial charge on any atom is 0.303 e. The lowest BCUT2D eigenvalue weighted by atomic mass is 10.1. The number of nitrogen functional groups attached to an aromatic ring is 1. The molecule has 0 amide bonds. The number of carbonyl (C=O) groups is 1. The summed E-state index contributed by atoms with van der Waals surface area (Å²) in [6.07, 6.45) is 0.570. The Kier molecular flexibility index (Phi) is 4.82. The molecule has 0 saturated carbocycles. The molecule has 0 unspecified atom stereocenters. The molecular formula is C17H19NO3. The number of rotatable bonds is 6. The smallest absolute Gasteiger partial charge is 0.303 e. The van der Waals surface area contributed by atoms with Crippen molar-refractivity contribution in [2.75, 3.05) is 5.73 Å². The molecule has 0 bridgehead atoms. The maximum absolute atomic E-state index is 10.6. The van der Waals surface area contributed by atoms with E-state index < -0.39 is 5.97 Å². The van der Waals surface area contributed by atoms with Gasteiger partial charge in [0.05, 0.1) is 5.69 Å². The molecule has 2 aromatic rings. The van der Waals surface area contributed by atoms with E-state index in [1.807, 2.05) is 37.3 Å². The molecule has 0 aliphatic carbocycles. The van der Waals surface area contributed by atoms with Gasteiger partial charge in [-0.25, -0.2) is 0 Å². The van der Waals surface area contributed by atoms with Crippen LogP contribution in [0, 0.1) is 6.92 Å². The summed E-state index contributed by atoms with van der Waals surface area (Å²) in [7, 11) is 0. The van der Waals surface area contributed by atoms with Gasteiger partial charge in [-0.3, -0.25) is 4.79 Å². The summed E-state index contributed by atoms with van der Waals surface area (Å²) in [4.78, 5) is 10.6. The van der Waals surface area contributed by atoms with E-state index in [4.69, 9.17) is 15.6 Å². The van der Waals surface area contributed by atoms with Crippen LogP contribution < -0.4 is 10.5 Å². The Labute approximate surface area is 124 Å². The number of aliphatic carboxylic acids is 1. The second-order valence-electron chi connectivity index (χ2n) is 5.04. The van der Waals surface area contributed by atoms with Crippen molar-refractivity contribution in [2.45, 2.75) is 26.4 Å². The Hall–Kier alpha value is -2.49. The Morgan fingerprint density at radius 1 is 1.14 bits per heavy atom. The quantitative estimate of drug-likeness (QED) is 0.800. The van der Waals surface area contributed by atoms with Crippen molar-refractivity contribution in [3.63, 3.8) is 0 Å². The predicted molar refractivity (Wildman–Crippen MR) is 82.3 cm³/mol. The van der Waals surface area contributed by atoms with Gasteiger partial charge in [0, 0.05) is 6.42 Å². The molecule has 4 nitrogen and oxygen atoms in total. The second kappa shape index (κ2) is 6.79. The van der Waals surface area contributed by atoms with Crippen LogP contribution in [-0.4, -0.2) is 11.1 Å². The van der Waals surface area contributed by atoms with Crippen LogP contribution in [-0.2, 0) is 17.8 Å². The summed E-state index contributed by atoms with van der Waals surface area (Å²) in [6, 6.07) is 13.5. The van der Waals surface area contributed by atoms with Crippen molar-refractivity contribution >= 4 is 11.7 Å². The Bertz CT molecular complexity index is 620. The van der Waals surface area contributed by atoms with Crippen molar-refractivity contribution in [1.82, 2.24) is 0 Å². The zero-order valence-electron chi connectivity index (χ0n) is 12.0. The predicted octanol–water partition coefficient (Wildman–Crippen LogP) is 3.17. The molecule has 0 aliphatic rings. The summed E-state index contributed by atoms with van der Waals surface area (Å²) in [5.41, 5.74) is 9.66. The van der Waals surface area contributed by atoms with E-state index in [0.717, 1.165) is 11.1 Å². The van der Waals surface area contributed by atoms with E-state index in [9.17, 15) is 4.79 Å². The van der Waals surface area contributed by atoms with Crippen LogP contribution in [0.15, 0.2) is 42.5 Å². The Morgan fingerprint density at radius 3 is 2.43 bits per heavy atom. The first-order valence-electron chi connectivity index (χ1n) is 6.83. The minimum atomic E-state index is -0.812. The molecule has 0 spiro atoms. The highest BCUT2D eigenvalue weighted by atomic mass is 16.5. The third kappa shape index (κ3) is 4.53. The average molecular weight is 285 g/mol. The number of aryl methyl sites for hydroxylation is 2. The van der Waals surface area contributed by atoms with E-state index in [0.29, 0.717) is 24.5 Å². The zero-order chi connectivity index (χ0) is 15.2. The summed E-state index contributed by atoms with van der Waals surface area (Å²) >= 11 is 0. The first kappa shape index (κ1) is 14.9. The SMILES string of the molecule is Cc1ccc(COc2ccc(CCC(=O)O)cc2N)cc1. The van der Waals surface area contributed by atoms with Crippen molar-refractivity contribution in [3.05, 3.63) is 59.2 Å². The molecule has 0 atom stereocenters. The number of ether oxygens (including phenoxy) is 1. The van der Waals surface area contributed by atoms with Crippen LogP contribution in [0.4, 0.5) is 5.69 Å². The van der Waals surface area contributed by atoms with Crippen molar-refractivity contribution < 1.29 is 14.6 Å². The number of hydrogen-bond donors (Lipinski definition) is 2. The summed E-state index contributed by atoms with van der Waals surface area (Å²) in [6.45, 7) is 2.50. The molecule has 0 saturated heterocycles. The molecule has 3 N–H and O–H groups in total. The largest absolute Gasteiger partial charge is 0.487 e. The minimum absolute atomic E-state index is 0.100. The summed E-state index contributed by atoms with van der Waals surface area (Å²) in [5.74, 6) is -0.192. The molecular weight excluding hydrogens is 266 g/mol.